The molecule has 0 bridgehead atoms. The summed E-state index contributed by atoms with van der Waals surface area (Å²) in [5, 5.41) is 2.18. The third-order valence-electron chi connectivity index (χ3n) is 5.55. The molecule has 0 aliphatic heterocycles. The smallest absolute Gasteiger partial charge is 0.239 e. The van der Waals surface area contributed by atoms with E-state index >= 15 is 8.78 Å². The van der Waals surface area contributed by atoms with Crippen LogP contribution in [0.25, 0.3) is 11.0 Å². The number of halogens is 3. The van der Waals surface area contributed by atoms with Crippen molar-refractivity contribution in [1.82, 2.24) is 0 Å². The Bertz CT molecular complexity index is 1420. The molecule has 0 radical (unpaired) electrons. The number of anilines is 3. The number of hydrogen-bond donors (Lipinski definition) is 1. The molecule has 36 heavy (non-hydrogen) atoms. The molecule has 1 aromatic heterocycles. The molecule has 192 valence electrons. The number of fused-ring (bicyclic) bond motifs is 1. The van der Waals surface area contributed by atoms with Crippen molar-refractivity contribution >= 4 is 40.0 Å². The van der Waals surface area contributed by atoms with Crippen LogP contribution in [0.5, 0.6) is 0 Å². The van der Waals surface area contributed by atoms with E-state index in [9.17, 15) is 18.8 Å². The van der Waals surface area contributed by atoms with E-state index in [4.69, 9.17) is 4.42 Å². The van der Waals surface area contributed by atoms with E-state index in [1.165, 1.54) is 12.1 Å². The first-order chi connectivity index (χ1) is 16.6. The summed E-state index contributed by atoms with van der Waals surface area (Å²) in [6, 6.07) is 5.48. The predicted molar refractivity (Wildman–Crippen MR) is 133 cm³/mol. The fraction of sp³-hybridized carbons (Fsp3) is 0.370. The highest BCUT2D eigenvalue weighted by Crippen LogP contribution is 2.35. The van der Waals surface area contributed by atoms with Gasteiger partial charge in [0.15, 0.2) is 16.8 Å². The van der Waals surface area contributed by atoms with Gasteiger partial charge in [-0.1, -0.05) is 48.5 Å². The fourth-order valence-corrected chi connectivity index (χ4v) is 3.41. The third kappa shape index (κ3) is 5.15. The van der Waals surface area contributed by atoms with Gasteiger partial charge in [-0.15, -0.1) is 0 Å². The molecule has 0 spiro atoms. The third-order valence-corrected chi connectivity index (χ3v) is 5.55. The van der Waals surface area contributed by atoms with Gasteiger partial charge in [-0.3, -0.25) is 14.4 Å². The molecule has 2 aromatic carbocycles. The monoisotopic (exact) mass is 502 g/mol. The van der Waals surface area contributed by atoms with Gasteiger partial charge in [-0.05, 0) is 24.6 Å². The summed E-state index contributed by atoms with van der Waals surface area (Å²) in [7, 11) is 0. The van der Waals surface area contributed by atoms with Crippen LogP contribution in [-0.2, 0) is 16.0 Å². The zero-order valence-electron chi connectivity index (χ0n) is 21.3. The Labute approximate surface area is 207 Å². The van der Waals surface area contributed by atoms with Gasteiger partial charge in [-0.25, -0.2) is 18.1 Å². The van der Waals surface area contributed by atoms with Crippen molar-refractivity contribution in [3.8, 4) is 0 Å². The lowest BCUT2D eigenvalue weighted by molar-refractivity contribution is -0.125. The van der Waals surface area contributed by atoms with Gasteiger partial charge in [0.05, 0.1) is 16.8 Å². The Morgan fingerprint density at radius 3 is 2.11 bits per heavy atom. The molecule has 3 aromatic rings. The average Bonchev–Trinajstić information content (AvgIpc) is 2.75. The second-order valence-corrected chi connectivity index (χ2v) is 10.6. The number of carbonyl (C=O) groups excluding carboxylic acids is 2. The number of nitrogens with one attached hydrogen (secondary N) is 1. The predicted octanol–water partition coefficient (Wildman–Crippen LogP) is 6.47. The van der Waals surface area contributed by atoms with E-state index < -0.39 is 51.1 Å². The molecule has 6 nitrogen and oxygen atoms in total. The zero-order chi connectivity index (χ0) is 27.2. The van der Waals surface area contributed by atoms with Crippen molar-refractivity contribution in [2.24, 2.45) is 10.8 Å². The number of amides is 2. The number of hydrogen-bond acceptors (Lipinski definition) is 4. The average molecular weight is 503 g/mol. The summed E-state index contributed by atoms with van der Waals surface area (Å²) in [4.78, 5) is 39.4. The van der Waals surface area contributed by atoms with Crippen molar-refractivity contribution in [2.75, 3.05) is 10.2 Å². The quantitative estimate of drug-likeness (QED) is 0.444. The lowest BCUT2D eigenvalue weighted by Gasteiger charge is -2.29. The van der Waals surface area contributed by atoms with E-state index in [1.807, 2.05) is 0 Å². The molecule has 9 heteroatoms. The summed E-state index contributed by atoms with van der Waals surface area (Å²) in [5.74, 6) is -4.09. The molecule has 0 aliphatic carbocycles. The van der Waals surface area contributed by atoms with Gasteiger partial charge in [0.25, 0.3) is 0 Å². The summed E-state index contributed by atoms with van der Waals surface area (Å²) >= 11 is 0. The van der Waals surface area contributed by atoms with E-state index in [-0.39, 0.29) is 34.6 Å². The van der Waals surface area contributed by atoms with Crippen LogP contribution in [0.2, 0.25) is 0 Å². The fourth-order valence-electron chi connectivity index (χ4n) is 3.41. The Balaban J connectivity index is 2.22. The van der Waals surface area contributed by atoms with E-state index in [0.717, 1.165) is 23.1 Å². The molecule has 3 rings (SSSR count). The number of rotatable bonds is 4. The Hall–Kier alpha value is -3.62. The van der Waals surface area contributed by atoms with Crippen molar-refractivity contribution in [3.63, 3.8) is 0 Å². The maximum atomic E-state index is 15.0. The van der Waals surface area contributed by atoms with Crippen LogP contribution in [-0.4, -0.2) is 11.8 Å². The standard InChI is InChI=1S/C27H29F3N2O4/c1-8-15-17(28)12-16-20(33)13-21(36-23(16)22(15)30)32(25(35)27(5,6)7)14-9-10-19(18(29)11-14)31-24(34)26(2,3)4/h9-13H,8H2,1-7H3,(H,31,34). The number of carbonyl (C=O) groups is 2. The van der Waals surface area contributed by atoms with E-state index in [1.54, 1.807) is 48.5 Å². The van der Waals surface area contributed by atoms with Crippen LogP contribution in [0.1, 0.15) is 54.0 Å². The highest BCUT2D eigenvalue weighted by molar-refractivity contribution is 6.03. The van der Waals surface area contributed by atoms with Crippen molar-refractivity contribution < 1.29 is 27.2 Å². The highest BCUT2D eigenvalue weighted by atomic mass is 19.1. The number of benzene rings is 2. The molecule has 0 saturated heterocycles. The van der Waals surface area contributed by atoms with Crippen molar-refractivity contribution in [1.29, 1.82) is 0 Å². The van der Waals surface area contributed by atoms with E-state index in [2.05, 4.69) is 5.32 Å². The molecule has 0 aliphatic rings. The minimum atomic E-state index is -1.04. The maximum absolute atomic E-state index is 15.0. The second kappa shape index (κ2) is 9.44. The first-order valence-corrected chi connectivity index (χ1v) is 11.5. The largest absolute Gasteiger partial charge is 0.436 e. The molecule has 2 amide bonds. The summed E-state index contributed by atoms with van der Waals surface area (Å²) in [5.41, 5.74) is -3.43. The lowest BCUT2D eigenvalue weighted by atomic mass is 9.94. The normalized spacial score (nSPS) is 12.1. The molecular formula is C27H29F3N2O4. The van der Waals surface area contributed by atoms with Gasteiger partial charge in [0.2, 0.25) is 17.7 Å². The van der Waals surface area contributed by atoms with Crippen molar-refractivity contribution in [3.05, 3.63) is 63.6 Å². The first-order valence-electron chi connectivity index (χ1n) is 11.5. The van der Waals surface area contributed by atoms with Crippen molar-refractivity contribution in [2.45, 2.75) is 54.9 Å². The van der Waals surface area contributed by atoms with Crippen LogP contribution in [0.15, 0.2) is 39.5 Å². The minimum Gasteiger partial charge on any atom is -0.436 e. The Kier molecular flexibility index (Phi) is 7.08. The molecule has 0 fully saturated rings. The Morgan fingerprint density at radius 1 is 0.944 bits per heavy atom. The SMILES string of the molecule is CCc1c(F)cc2c(=O)cc(N(C(=O)C(C)(C)C)c3ccc(NC(=O)C(C)(C)C)c(F)c3)oc2c1F. The topological polar surface area (TPSA) is 79.6 Å². The summed E-state index contributed by atoms with van der Waals surface area (Å²) in [6.45, 7) is 11.4. The van der Waals surface area contributed by atoms with Gasteiger partial charge in [-0.2, -0.15) is 0 Å². The van der Waals surface area contributed by atoms with Gasteiger partial charge >= 0.3 is 0 Å². The molecule has 1 N–H and O–H groups in total. The zero-order valence-corrected chi connectivity index (χ0v) is 21.3. The first kappa shape index (κ1) is 27.0. The van der Waals surface area contributed by atoms with E-state index in [0.29, 0.717) is 0 Å². The van der Waals surface area contributed by atoms with Gasteiger partial charge in [0, 0.05) is 28.5 Å². The molecule has 0 atom stereocenters. The minimum absolute atomic E-state index is 0.0121. The summed E-state index contributed by atoms with van der Waals surface area (Å²) in [6.07, 6.45) is 0.0130. The van der Waals surface area contributed by atoms with Crippen LogP contribution in [0.4, 0.5) is 30.4 Å². The lowest BCUT2D eigenvalue weighted by Crippen LogP contribution is -2.36. The van der Waals surface area contributed by atoms with Crippen LogP contribution >= 0.6 is 0 Å². The highest BCUT2D eigenvalue weighted by Gasteiger charge is 2.33. The number of nitrogens with zero attached hydrogens (tertiary/aromatic N) is 1. The molecule has 1 heterocycles. The van der Waals surface area contributed by atoms with Crippen LogP contribution in [0.3, 0.4) is 0 Å². The Morgan fingerprint density at radius 2 is 1.58 bits per heavy atom. The second-order valence-electron chi connectivity index (χ2n) is 10.6. The molecule has 0 unspecified atom stereocenters. The van der Waals surface area contributed by atoms with Crippen LogP contribution < -0.4 is 15.6 Å². The van der Waals surface area contributed by atoms with Gasteiger partial charge in [0.1, 0.15) is 11.6 Å². The molecule has 0 saturated carbocycles. The van der Waals surface area contributed by atoms with Gasteiger partial charge < -0.3 is 9.73 Å². The summed E-state index contributed by atoms with van der Waals surface area (Å²) < 4.78 is 50.0. The van der Waals surface area contributed by atoms with Crippen LogP contribution in [0, 0.1) is 28.3 Å². The maximum Gasteiger partial charge on any atom is 0.239 e. The molecular weight excluding hydrogens is 473 g/mol.